The van der Waals surface area contributed by atoms with Crippen molar-refractivity contribution in [3.8, 4) is 5.75 Å². The Morgan fingerprint density at radius 1 is 1.44 bits per heavy atom. The maximum absolute atomic E-state index is 12.0. The Bertz CT molecular complexity index is 474. The van der Waals surface area contributed by atoms with Gasteiger partial charge in [0, 0.05) is 30.4 Å². The van der Waals surface area contributed by atoms with E-state index in [1.54, 1.807) is 0 Å². The minimum atomic E-state index is -0.0415. The second-order valence-corrected chi connectivity index (χ2v) is 4.25. The smallest absolute Gasteiger partial charge is 0.251 e. The van der Waals surface area contributed by atoms with E-state index in [0.29, 0.717) is 6.61 Å². The van der Waals surface area contributed by atoms with Gasteiger partial charge in [-0.1, -0.05) is 6.07 Å². The van der Waals surface area contributed by atoms with Gasteiger partial charge in [0.1, 0.15) is 5.75 Å². The van der Waals surface area contributed by atoms with Crippen LogP contribution in [0.25, 0.3) is 0 Å². The van der Waals surface area contributed by atoms with Crippen LogP contribution in [0, 0.1) is 0 Å². The number of anilines is 1. The highest BCUT2D eigenvalue weighted by Crippen LogP contribution is 2.18. The van der Waals surface area contributed by atoms with Crippen LogP contribution in [-0.4, -0.2) is 25.6 Å². The fourth-order valence-corrected chi connectivity index (χ4v) is 1.73. The molecule has 4 nitrogen and oxygen atoms in total. The lowest BCUT2D eigenvalue weighted by molar-refractivity contribution is -0.112. The minimum Gasteiger partial charge on any atom is -0.494 e. The van der Waals surface area contributed by atoms with Crippen LogP contribution in [0.5, 0.6) is 5.75 Å². The van der Waals surface area contributed by atoms with Gasteiger partial charge >= 0.3 is 0 Å². The van der Waals surface area contributed by atoms with Crippen LogP contribution in [0.2, 0.25) is 0 Å². The normalized spacial score (nSPS) is 13.8. The molecule has 1 saturated heterocycles. The molecule has 1 heterocycles. The number of ether oxygens (including phenoxy) is 1. The summed E-state index contributed by atoms with van der Waals surface area (Å²) in [4.78, 5) is 12.0. The molecule has 1 aromatic carbocycles. The fraction of sp³-hybridized carbons (Fsp3) is 0.357. The maximum Gasteiger partial charge on any atom is 0.251 e. The van der Waals surface area contributed by atoms with E-state index in [-0.39, 0.29) is 5.91 Å². The van der Waals surface area contributed by atoms with E-state index in [1.165, 1.54) is 5.57 Å². The molecule has 18 heavy (non-hydrogen) atoms. The zero-order valence-electron chi connectivity index (χ0n) is 10.7. The van der Waals surface area contributed by atoms with Crippen molar-refractivity contribution < 1.29 is 9.53 Å². The Morgan fingerprint density at radius 2 is 2.22 bits per heavy atom. The quantitative estimate of drug-likeness (QED) is 0.798. The van der Waals surface area contributed by atoms with Gasteiger partial charge in [0.05, 0.1) is 6.61 Å². The second kappa shape index (κ2) is 5.69. The lowest BCUT2D eigenvalue weighted by Crippen LogP contribution is -2.36. The van der Waals surface area contributed by atoms with Crippen molar-refractivity contribution in [1.82, 2.24) is 5.32 Å². The highest BCUT2D eigenvalue weighted by atomic mass is 16.5. The Morgan fingerprint density at radius 3 is 2.83 bits per heavy atom. The predicted molar refractivity (Wildman–Crippen MR) is 71.8 cm³/mol. The van der Waals surface area contributed by atoms with Gasteiger partial charge in [0.2, 0.25) is 0 Å². The predicted octanol–water partition coefficient (Wildman–Crippen LogP) is 1.94. The van der Waals surface area contributed by atoms with E-state index < -0.39 is 0 Å². The van der Waals surface area contributed by atoms with Crippen molar-refractivity contribution in [2.45, 2.75) is 13.8 Å². The zero-order valence-corrected chi connectivity index (χ0v) is 10.7. The van der Waals surface area contributed by atoms with Gasteiger partial charge in [-0.25, -0.2) is 0 Å². The van der Waals surface area contributed by atoms with E-state index in [9.17, 15) is 4.79 Å². The summed E-state index contributed by atoms with van der Waals surface area (Å²) in [5.41, 5.74) is 2.74. The number of carbonyl (C=O) groups is 1. The van der Waals surface area contributed by atoms with Crippen molar-refractivity contribution in [3.05, 3.63) is 35.4 Å². The summed E-state index contributed by atoms with van der Waals surface area (Å²) >= 11 is 0. The third kappa shape index (κ3) is 2.90. The van der Waals surface area contributed by atoms with Gasteiger partial charge in [-0.15, -0.1) is 0 Å². The van der Waals surface area contributed by atoms with Crippen molar-refractivity contribution in [2.24, 2.45) is 0 Å². The molecule has 0 aromatic heterocycles. The Balaban J connectivity index is 2.04. The Labute approximate surface area is 107 Å². The number of hydrogen-bond donors (Lipinski definition) is 2. The van der Waals surface area contributed by atoms with Gasteiger partial charge in [-0.2, -0.15) is 0 Å². The molecule has 1 aromatic rings. The van der Waals surface area contributed by atoms with Gasteiger partial charge in [-0.05, 0) is 31.6 Å². The number of nitrogens with one attached hydrogen (secondary N) is 2. The summed E-state index contributed by atoms with van der Waals surface area (Å²) in [6.45, 7) is 6.05. The third-order valence-electron chi connectivity index (χ3n) is 2.95. The molecule has 4 heteroatoms. The van der Waals surface area contributed by atoms with Crippen LogP contribution in [0.1, 0.15) is 13.8 Å². The monoisotopic (exact) mass is 246 g/mol. The van der Waals surface area contributed by atoms with Crippen LogP contribution in [0.4, 0.5) is 5.69 Å². The largest absolute Gasteiger partial charge is 0.494 e. The molecular weight excluding hydrogens is 228 g/mol. The van der Waals surface area contributed by atoms with Crippen molar-refractivity contribution in [2.75, 3.05) is 25.0 Å². The summed E-state index contributed by atoms with van der Waals surface area (Å²) in [7, 11) is 0. The van der Waals surface area contributed by atoms with Crippen LogP contribution in [-0.2, 0) is 4.79 Å². The number of rotatable bonds is 4. The minimum absolute atomic E-state index is 0.0415. The first kappa shape index (κ1) is 12.6. The van der Waals surface area contributed by atoms with Crippen molar-refractivity contribution in [1.29, 1.82) is 0 Å². The average Bonchev–Trinajstić information content (AvgIpc) is 2.27. The van der Waals surface area contributed by atoms with Gasteiger partial charge < -0.3 is 15.4 Å². The number of amides is 1. The number of benzene rings is 1. The van der Waals surface area contributed by atoms with E-state index >= 15 is 0 Å². The first-order valence-corrected chi connectivity index (χ1v) is 6.14. The number of carbonyl (C=O) groups excluding carboxylic acids is 1. The summed E-state index contributed by atoms with van der Waals surface area (Å²) in [6, 6.07) is 7.43. The average molecular weight is 246 g/mol. The van der Waals surface area contributed by atoms with E-state index in [1.807, 2.05) is 38.1 Å². The molecule has 0 spiro atoms. The molecule has 96 valence electrons. The molecular formula is C14H18N2O2. The SMILES string of the molecule is CCOc1cccc(NC(=O)C(C)=C2CNC2)c1. The molecule has 1 aliphatic heterocycles. The van der Waals surface area contributed by atoms with E-state index in [2.05, 4.69) is 10.6 Å². The number of hydrogen-bond acceptors (Lipinski definition) is 3. The van der Waals surface area contributed by atoms with Crippen LogP contribution in [0.15, 0.2) is 35.4 Å². The van der Waals surface area contributed by atoms with Crippen LogP contribution < -0.4 is 15.4 Å². The fourth-order valence-electron chi connectivity index (χ4n) is 1.73. The summed E-state index contributed by atoms with van der Waals surface area (Å²) in [5, 5.41) is 6.01. The highest BCUT2D eigenvalue weighted by Gasteiger charge is 2.16. The van der Waals surface area contributed by atoms with Crippen molar-refractivity contribution >= 4 is 11.6 Å². The molecule has 0 atom stereocenters. The lowest BCUT2D eigenvalue weighted by atomic mass is 10.0. The van der Waals surface area contributed by atoms with Crippen LogP contribution in [0.3, 0.4) is 0 Å². The molecule has 0 aliphatic carbocycles. The van der Waals surface area contributed by atoms with Gasteiger partial charge in [-0.3, -0.25) is 4.79 Å². The first-order chi connectivity index (χ1) is 8.70. The Kier molecular flexibility index (Phi) is 3.99. The molecule has 1 amide bonds. The summed E-state index contributed by atoms with van der Waals surface area (Å²) in [5.74, 6) is 0.728. The molecule has 0 radical (unpaired) electrons. The Hall–Kier alpha value is -1.81. The van der Waals surface area contributed by atoms with Gasteiger partial charge in [0.25, 0.3) is 5.91 Å². The molecule has 0 bridgehead atoms. The summed E-state index contributed by atoms with van der Waals surface area (Å²) < 4.78 is 5.40. The van der Waals surface area contributed by atoms with E-state index in [0.717, 1.165) is 30.1 Å². The van der Waals surface area contributed by atoms with Crippen LogP contribution >= 0.6 is 0 Å². The summed E-state index contributed by atoms with van der Waals surface area (Å²) in [6.07, 6.45) is 0. The maximum atomic E-state index is 12.0. The molecule has 2 N–H and O–H groups in total. The highest BCUT2D eigenvalue weighted by molar-refractivity contribution is 6.04. The first-order valence-electron chi connectivity index (χ1n) is 6.14. The molecule has 1 fully saturated rings. The molecule has 0 unspecified atom stereocenters. The lowest BCUT2D eigenvalue weighted by Gasteiger charge is -2.21. The molecule has 2 rings (SSSR count). The second-order valence-electron chi connectivity index (χ2n) is 4.25. The third-order valence-corrected chi connectivity index (χ3v) is 2.95. The topological polar surface area (TPSA) is 50.4 Å². The molecule has 0 saturated carbocycles. The van der Waals surface area contributed by atoms with Crippen molar-refractivity contribution in [3.63, 3.8) is 0 Å². The van der Waals surface area contributed by atoms with Gasteiger partial charge in [0.15, 0.2) is 0 Å². The zero-order chi connectivity index (χ0) is 13.0. The standard InChI is InChI=1S/C14H18N2O2/c1-3-18-13-6-4-5-12(7-13)16-14(17)10(2)11-8-15-9-11/h4-7,15H,3,8-9H2,1-2H3,(H,16,17). The van der Waals surface area contributed by atoms with E-state index in [4.69, 9.17) is 4.74 Å². The molecule has 1 aliphatic rings.